The number of hydrogen-bond donors (Lipinski definition) is 1. The van der Waals surface area contributed by atoms with Gasteiger partial charge in [-0.15, -0.1) is 0 Å². The molecule has 2 aromatic carbocycles. The Morgan fingerprint density at radius 1 is 1.15 bits per heavy atom. The van der Waals surface area contributed by atoms with Crippen LogP contribution in [-0.2, 0) is 14.8 Å². The van der Waals surface area contributed by atoms with Gasteiger partial charge in [-0.2, -0.15) is 0 Å². The standard InChI is InChI=1S/C18H19BrN2O5S/c1-12(18(22)20-14-5-3-4-13(19)10-14)21(27(2,23)24)15-6-7-16-17(11-15)26-9-8-25-16/h3-7,10-12H,8-9H2,1-2H3,(H,20,22)/t12-/m1/s1. The summed E-state index contributed by atoms with van der Waals surface area (Å²) in [6.45, 7) is 2.35. The molecule has 3 rings (SSSR count). The van der Waals surface area contributed by atoms with E-state index in [0.717, 1.165) is 15.0 Å². The minimum atomic E-state index is -3.72. The van der Waals surface area contributed by atoms with Gasteiger partial charge in [0.25, 0.3) is 0 Å². The van der Waals surface area contributed by atoms with E-state index in [4.69, 9.17) is 9.47 Å². The van der Waals surface area contributed by atoms with Gasteiger partial charge in [0.15, 0.2) is 11.5 Å². The third-order valence-corrected chi connectivity index (χ3v) is 5.70. The molecule has 144 valence electrons. The van der Waals surface area contributed by atoms with Crippen LogP contribution in [0.5, 0.6) is 11.5 Å². The molecule has 0 radical (unpaired) electrons. The van der Waals surface area contributed by atoms with E-state index in [1.165, 1.54) is 6.92 Å². The lowest BCUT2D eigenvalue weighted by Gasteiger charge is -2.29. The number of fused-ring (bicyclic) bond motifs is 1. The number of hydrogen-bond acceptors (Lipinski definition) is 5. The SMILES string of the molecule is C[C@H](C(=O)Nc1cccc(Br)c1)N(c1ccc2c(c1)OCCO2)S(C)(=O)=O. The first-order chi connectivity index (χ1) is 12.8. The molecule has 0 aromatic heterocycles. The van der Waals surface area contributed by atoms with E-state index in [9.17, 15) is 13.2 Å². The molecule has 1 atom stereocenters. The normalized spacial score (nSPS) is 14.3. The molecule has 1 N–H and O–H groups in total. The smallest absolute Gasteiger partial charge is 0.247 e. The number of benzene rings is 2. The second-order valence-electron chi connectivity index (χ2n) is 6.06. The molecule has 0 spiro atoms. The van der Waals surface area contributed by atoms with Gasteiger partial charge in [-0.3, -0.25) is 9.10 Å². The predicted molar refractivity (Wildman–Crippen MR) is 107 cm³/mol. The molecular weight excluding hydrogens is 436 g/mol. The maximum atomic E-state index is 12.7. The molecule has 1 aliphatic heterocycles. The van der Waals surface area contributed by atoms with Crippen LogP contribution in [0.2, 0.25) is 0 Å². The van der Waals surface area contributed by atoms with Crippen molar-refractivity contribution >= 4 is 43.2 Å². The lowest BCUT2D eigenvalue weighted by molar-refractivity contribution is -0.116. The summed E-state index contributed by atoms with van der Waals surface area (Å²) in [5.74, 6) is 0.546. The largest absolute Gasteiger partial charge is 0.486 e. The van der Waals surface area contributed by atoms with Crippen molar-refractivity contribution in [2.24, 2.45) is 0 Å². The maximum Gasteiger partial charge on any atom is 0.247 e. The van der Waals surface area contributed by atoms with Crippen molar-refractivity contribution in [2.45, 2.75) is 13.0 Å². The van der Waals surface area contributed by atoms with Gasteiger partial charge in [-0.05, 0) is 37.3 Å². The molecule has 0 fully saturated rings. The van der Waals surface area contributed by atoms with Gasteiger partial charge in [0.1, 0.15) is 19.3 Å². The number of halogens is 1. The Balaban J connectivity index is 1.89. The highest BCUT2D eigenvalue weighted by atomic mass is 79.9. The Morgan fingerprint density at radius 2 is 1.85 bits per heavy atom. The van der Waals surface area contributed by atoms with Crippen molar-refractivity contribution in [2.75, 3.05) is 29.1 Å². The number of carbonyl (C=O) groups excluding carboxylic acids is 1. The van der Waals surface area contributed by atoms with Crippen LogP contribution in [0.1, 0.15) is 6.92 Å². The van der Waals surface area contributed by atoms with Crippen molar-refractivity contribution < 1.29 is 22.7 Å². The van der Waals surface area contributed by atoms with Crippen molar-refractivity contribution in [3.8, 4) is 11.5 Å². The highest BCUT2D eigenvalue weighted by molar-refractivity contribution is 9.10. The zero-order valence-corrected chi connectivity index (χ0v) is 17.2. The lowest BCUT2D eigenvalue weighted by atomic mass is 10.2. The number of anilines is 2. The fourth-order valence-electron chi connectivity index (χ4n) is 2.79. The van der Waals surface area contributed by atoms with E-state index in [1.807, 2.05) is 6.07 Å². The Bertz CT molecular complexity index is 964. The zero-order chi connectivity index (χ0) is 19.6. The van der Waals surface area contributed by atoms with Crippen LogP contribution in [0.25, 0.3) is 0 Å². The van der Waals surface area contributed by atoms with Gasteiger partial charge >= 0.3 is 0 Å². The van der Waals surface area contributed by atoms with E-state index in [2.05, 4.69) is 21.2 Å². The molecule has 1 amide bonds. The van der Waals surface area contributed by atoms with Crippen LogP contribution in [0.4, 0.5) is 11.4 Å². The summed E-state index contributed by atoms with van der Waals surface area (Å²) in [5.41, 5.74) is 0.899. The third kappa shape index (κ3) is 4.54. The van der Waals surface area contributed by atoms with E-state index in [0.29, 0.717) is 36.1 Å². The number of ether oxygens (including phenoxy) is 2. The summed E-state index contributed by atoms with van der Waals surface area (Å²) in [5, 5.41) is 2.74. The number of sulfonamides is 1. The minimum absolute atomic E-state index is 0.332. The molecule has 0 unspecified atom stereocenters. The number of nitrogens with zero attached hydrogens (tertiary/aromatic N) is 1. The molecule has 0 aliphatic carbocycles. The van der Waals surface area contributed by atoms with Gasteiger partial charge in [-0.25, -0.2) is 8.42 Å². The second-order valence-corrected chi connectivity index (χ2v) is 8.84. The molecular formula is C18H19BrN2O5S. The van der Waals surface area contributed by atoms with E-state index >= 15 is 0 Å². The highest BCUT2D eigenvalue weighted by Gasteiger charge is 2.30. The van der Waals surface area contributed by atoms with Crippen LogP contribution >= 0.6 is 15.9 Å². The second kappa shape index (κ2) is 7.77. The Kier molecular flexibility index (Phi) is 5.61. The molecule has 9 heteroatoms. The van der Waals surface area contributed by atoms with Crippen molar-refractivity contribution in [3.63, 3.8) is 0 Å². The first-order valence-electron chi connectivity index (χ1n) is 8.21. The Hall–Kier alpha value is -2.26. The number of carbonyl (C=O) groups is 1. The molecule has 0 bridgehead atoms. The molecule has 1 aliphatic rings. The average Bonchev–Trinajstić information content (AvgIpc) is 2.60. The number of rotatable bonds is 5. The molecule has 0 saturated heterocycles. The fourth-order valence-corrected chi connectivity index (χ4v) is 4.36. The Morgan fingerprint density at radius 3 is 2.52 bits per heavy atom. The molecule has 2 aromatic rings. The Labute approximate surface area is 166 Å². The topological polar surface area (TPSA) is 84.9 Å². The molecule has 0 saturated carbocycles. The zero-order valence-electron chi connectivity index (χ0n) is 14.8. The predicted octanol–water partition coefficient (Wildman–Crippen LogP) is 3.01. The summed E-state index contributed by atoms with van der Waals surface area (Å²) in [6.07, 6.45) is 1.06. The van der Waals surface area contributed by atoms with Gasteiger partial charge in [0, 0.05) is 16.2 Å². The van der Waals surface area contributed by atoms with Gasteiger partial charge in [0.2, 0.25) is 15.9 Å². The summed E-state index contributed by atoms with van der Waals surface area (Å²) in [6, 6.07) is 10.9. The average molecular weight is 455 g/mol. The van der Waals surface area contributed by atoms with Crippen molar-refractivity contribution in [3.05, 3.63) is 46.9 Å². The van der Waals surface area contributed by atoms with Crippen LogP contribution < -0.4 is 19.1 Å². The lowest BCUT2D eigenvalue weighted by Crippen LogP contribution is -2.45. The molecule has 27 heavy (non-hydrogen) atoms. The van der Waals surface area contributed by atoms with Crippen LogP contribution in [-0.4, -0.2) is 39.8 Å². The van der Waals surface area contributed by atoms with Gasteiger partial charge < -0.3 is 14.8 Å². The highest BCUT2D eigenvalue weighted by Crippen LogP contribution is 2.35. The monoisotopic (exact) mass is 454 g/mol. The third-order valence-electron chi connectivity index (χ3n) is 3.96. The number of nitrogens with one attached hydrogen (secondary N) is 1. The fraction of sp³-hybridized carbons (Fsp3) is 0.278. The van der Waals surface area contributed by atoms with Crippen LogP contribution in [0.3, 0.4) is 0 Å². The summed E-state index contributed by atoms with van der Waals surface area (Å²) in [7, 11) is -3.72. The van der Waals surface area contributed by atoms with E-state index in [1.54, 1.807) is 36.4 Å². The number of amides is 1. The molecule has 7 nitrogen and oxygen atoms in total. The van der Waals surface area contributed by atoms with E-state index in [-0.39, 0.29) is 0 Å². The summed E-state index contributed by atoms with van der Waals surface area (Å²) < 4.78 is 37.7. The summed E-state index contributed by atoms with van der Waals surface area (Å²) in [4.78, 5) is 12.7. The van der Waals surface area contributed by atoms with Gasteiger partial charge in [0.05, 0.1) is 11.9 Å². The molecule has 1 heterocycles. The van der Waals surface area contributed by atoms with Crippen LogP contribution in [0, 0.1) is 0 Å². The first kappa shape index (κ1) is 19.5. The first-order valence-corrected chi connectivity index (χ1v) is 10.9. The maximum absolute atomic E-state index is 12.7. The van der Waals surface area contributed by atoms with Crippen molar-refractivity contribution in [1.29, 1.82) is 0 Å². The van der Waals surface area contributed by atoms with Crippen molar-refractivity contribution in [1.82, 2.24) is 0 Å². The quantitative estimate of drug-likeness (QED) is 0.750. The van der Waals surface area contributed by atoms with Gasteiger partial charge in [-0.1, -0.05) is 22.0 Å². The summed E-state index contributed by atoms with van der Waals surface area (Å²) >= 11 is 3.34. The van der Waals surface area contributed by atoms with E-state index < -0.39 is 22.0 Å². The van der Waals surface area contributed by atoms with Crippen LogP contribution in [0.15, 0.2) is 46.9 Å². The minimum Gasteiger partial charge on any atom is -0.486 e.